The number of rotatable bonds is 5. The Morgan fingerprint density at radius 1 is 1.21 bits per heavy atom. The number of hydrogen-bond acceptors (Lipinski definition) is 4. The number of halogens is 3. The first-order valence-electron chi connectivity index (χ1n) is 11.2. The highest BCUT2D eigenvalue weighted by atomic mass is 35.5. The lowest BCUT2D eigenvalue weighted by Gasteiger charge is -2.41. The van der Waals surface area contributed by atoms with Gasteiger partial charge in [-0.2, -0.15) is 0 Å². The number of nitrogens with zero attached hydrogens (tertiary/aromatic N) is 3. The molecule has 178 valence electrons. The molecular weight excluding hydrogens is 448 g/mol. The number of aromatic hydroxyl groups is 1. The van der Waals surface area contributed by atoms with Gasteiger partial charge in [-0.1, -0.05) is 11.6 Å². The van der Waals surface area contributed by atoms with Crippen LogP contribution >= 0.6 is 11.6 Å². The minimum atomic E-state index is -0.539. The number of likely N-dealkylation sites (N-methyl/N-ethyl adjacent to an activating group) is 1. The maximum absolute atomic E-state index is 14.5. The molecule has 1 spiro atoms. The number of carbonyl (C=O) groups is 1. The van der Waals surface area contributed by atoms with Gasteiger partial charge < -0.3 is 19.8 Å². The number of carbonyl (C=O) groups excluding carboxylic acids is 1. The summed E-state index contributed by atoms with van der Waals surface area (Å²) in [6.45, 7) is 2.68. The summed E-state index contributed by atoms with van der Waals surface area (Å²) >= 11 is 6.32. The van der Waals surface area contributed by atoms with E-state index in [0.717, 1.165) is 43.1 Å². The monoisotopic (exact) mass is 477 g/mol. The van der Waals surface area contributed by atoms with E-state index < -0.39 is 11.6 Å². The predicted octanol–water partition coefficient (Wildman–Crippen LogP) is 4.05. The molecule has 2 heterocycles. The van der Waals surface area contributed by atoms with Crippen LogP contribution < -0.4 is 4.90 Å². The Kier molecular flexibility index (Phi) is 6.56. The number of fused-ring (bicyclic) bond motifs is 2. The van der Waals surface area contributed by atoms with E-state index in [1.807, 2.05) is 11.9 Å². The standard InChI is InChI=1S/C25H30ClF2N3O2/c1-29(2)24(33)17(10-16-11-19(32)4-5-21(16)26)14-31-8-6-25(7-9-31)15-30(3)23-20(25)12-18(27)13-22(23)28/h4-5,11-13,17,32H,6-10,14-15H2,1-3H3. The zero-order chi connectivity index (χ0) is 23.9. The number of amides is 1. The van der Waals surface area contributed by atoms with Gasteiger partial charge in [-0.25, -0.2) is 8.78 Å². The Labute approximate surface area is 198 Å². The summed E-state index contributed by atoms with van der Waals surface area (Å²) in [5.74, 6) is -1.24. The zero-order valence-corrected chi connectivity index (χ0v) is 20.0. The van der Waals surface area contributed by atoms with Crippen molar-refractivity contribution in [2.24, 2.45) is 5.92 Å². The van der Waals surface area contributed by atoms with E-state index in [2.05, 4.69) is 4.90 Å². The van der Waals surface area contributed by atoms with Gasteiger partial charge in [0.05, 0.1) is 11.6 Å². The molecule has 1 amide bonds. The molecule has 1 atom stereocenters. The average Bonchev–Trinajstić information content (AvgIpc) is 3.02. The first-order valence-corrected chi connectivity index (χ1v) is 11.6. The Balaban J connectivity index is 1.50. The lowest BCUT2D eigenvalue weighted by atomic mass is 9.74. The van der Waals surface area contributed by atoms with Gasteiger partial charge >= 0.3 is 0 Å². The number of benzene rings is 2. The van der Waals surface area contributed by atoms with E-state index in [9.17, 15) is 18.7 Å². The molecule has 0 radical (unpaired) electrons. The number of piperidine rings is 1. The van der Waals surface area contributed by atoms with E-state index in [1.165, 1.54) is 12.1 Å². The second-order valence-electron chi connectivity index (χ2n) is 9.63. The van der Waals surface area contributed by atoms with E-state index in [-0.39, 0.29) is 23.0 Å². The molecule has 2 aliphatic rings. The fourth-order valence-electron chi connectivity index (χ4n) is 5.46. The fourth-order valence-corrected chi connectivity index (χ4v) is 5.65. The van der Waals surface area contributed by atoms with Gasteiger partial charge in [-0.05, 0) is 67.7 Å². The van der Waals surface area contributed by atoms with Crippen molar-refractivity contribution in [1.29, 1.82) is 0 Å². The number of likely N-dealkylation sites (tertiary alicyclic amines) is 1. The second-order valence-corrected chi connectivity index (χ2v) is 10.0. The topological polar surface area (TPSA) is 47.0 Å². The van der Waals surface area contributed by atoms with Crippen LogP contribution in [0.3, 0.4) is 0 Å². The highest BCUT2D eigenvalue weighted by Crippen LogP contribution is 2.47. The zero-order valence-electron chi connectivity index (χ0n) is 19.2. The van der Waals surface area contributed by atoms with Crippen LogP contribution in [0.2, 0.25) is 5.02 Å². The number of phenolic OH excluding ortho intramolecular Hbond substituents is 1. The Hall–Kier alpha value is -2.38. The summed E-state index contributed by atoms with van der Waals surface area (Å²) in [5, 5.41) is 10.4. The quantitative estimate of drug-likeness (QED) is 0.705. The van der Waals surface area contributed by atoms with E-state index >= 15 is 0 Å². The SMILES string of the molecule is CN(C)C(=O)C(Cc1cc(O)ccc1Cl)CN1CCC2(CC1)CN(C)c1c(F)cc(F)cc12. The maximum Gasteiger partial charge on any atom is 0.226 e. The van der Waals surface area contributed by atoms with Crippen LogP contribution in [-0.2, 0) is 16.6 Å². The highest BCUT2D eigenvalue weighted by Gasteiger charge is 2.45. The number of hydrogen-bond donors (Lipinski definition) is 1. The molecule has 2 aliphatic heterocycles. The summed E-state index contributed by atoms with van der Waals surface area (Å²) in [6, 6.07) is 7.21. The normalized spacial score (nSPS) is 18.4. The molecule has 1 unspecified atom stereocenters. The van der Waals surface area contributed by atoms with Gasteiger partial charge in [0.25, 0.3) is 0 Å². The Morgan fingerprint density at radius 2 is 1.91 bits per heavy atom. The first-order chi connectivity index (χ1) is 15.6. The molecule has 0 bridgehead atoms. The second kappa shape index (κ2) is 9.11. The summed E-state index contributed by atoms with van der Waals surface area (Å²) in [5.41, 5.74) is 1.72. The molecule has 0 aromatic heterocycles. The van der Waals surface area contributed by atoms with Crippen molar-refractivity contribution in [2.75, 3.05) is 52.2 Å². The van der Waals surface area contributed by atoms with Crippen molar-refractivity contribution < 1.29 is 18.7 Å². The minimum Gasteiger partial charge on any atom is -0.508 e. The van der Waals surface area contributed by atoms with Crippen LogP contribution in [0.4, 0.5) is 14.5 Å². The fraction of sp³-hybridized carbons (Fsp3) is 0.480. The van der Waals surface area contributed by atoms with E-state index in [4.69, 9.17) is 11.6 Å². The van der Waals surface area contributed by atoms with Crippen LogP contribution in [-0.4, -0.2) is 68.1 Å². The van der Waals surface area contributed by atoms with Crippen molar-refractivity contribution >= 4 is 23.2 Å². The third kappa shape index (κ3) is 4.66. The lowest BCUT2D eigenvalue weighted by molar-refractivity contribution is -0.133. The van der Waals surface area contributed by atoms with Crippen LogP contribution in [0.5, 0.6) is 5.75 Å². The van der Waals surface area contributed by atoms with Gasteiger partial charge in [-0.15, -0.1) is 0 Å². The average molecular weight is 478 g/mol. The molecule has 0 aliphatic carbocycles. The van der Waals surface area contributed by atoms with Gasteiger partial charge in [0, 0.05) is 50.7 Å². The predicted molar refractivity (Wildman–Crippen MR) is 126 cm³/mol. The molecule has 1 saturated heterocycles. The molecule has 1 fully saturated rings. The molecule has 8 heteroatoms. The van der Waals surface area contributed by atoms with Crippen molar-refractivity contribution in [3.63, 3.8) is 0 Å². The van der Waals surface area contributed by atoms with Crippen molar-refractivity contribution in [3.8, 4) is 5.75 Å². The van der Waals surface area contributed by atoms with E-state index in [1.54, 1.807) is 31.1 Å². The Morgan fingerprint density at radius 3 is 2.58 bits per heavy atom. The van der Waals surface area contributed by atoms with Crippen LogP contribution in [0.1, 0.15) is 24.0 Å². The van der Waals surface area contributed by atoms with Crippen LogP contribution in [0.15, 0.2) is 30.3 Å². The summed E-state index contributed by atoms with van der Waals surface area (Å²) in [4.78, 5) is 18.7. The first kappa shape index (κ1) is 23.8. The molecule has 4 rings (SSSR count). The van der Waals surface area contributed by atoms with Crippen molar-refractivity contribution in [2.45, 2.75) is 24.7 Å². The number of phenols is 1. The molecular formula is C25H30ClF2N3O2. The molecule has 0 saturated carbocycles. The summed E-state index contributed by atoms with van der Waals surface area (Å²) in [7, 11) is 5.32. The van der Waals surface area contributed by atoms with E-state index in [0.29, 0.717) is 30.2 Å². The maximum atomic E-state index is 14.5. The largest absolute Gasteiger partial charge is 0.508 e. The summed E-state index contributed by atoms with van der Waals surface area (Å²) < 4.78 is 28.5. The highest BCUT2D eigenvalue weighted by molar-refractivity contribution is 6.31. The van der Waals surface area contributed by atoms with Crippen molar-refractivity contribution in [3.05, 3.63) is 58.1 Å². The smallest absolute Gasteiger partial charge is 0.226 e. The molecule has 1 N–H and O–H groups in total. The van der Waals surface area contributed by atoms with Gasteiger partial charge in [-0.3, -0.25) is 4.79 Å². The third-order valence-corrected chi connectivity index (χ3v) is 7.47. The lowest BCUT2D eigenvalue weighted by Crippen LogP contribution is -2.48. The summed E-state index contributed by atoms with van der Waals surface area (Å²) in [6.07, 6.45) is 1.96. The van der Waals surface area contributed by atoms with Gasteiger partial charge in [0.15, 0.2) is 0 Å². The molecule has 2 aromatic carbocycles. The third-order valence-electron chi connectivity index (χ3n) is 7.10. The minimum absolute atomic E-state index is 0.00443. The van der Waals surface area contributed by atoms with Gasteiger partial charge in [0.1, 0.15) is 17.4 Å². The van der Waals surface area contributed by atoms with Crippen LogP contribution in [0.25, 0.3) is 0 Å². The van der Waals surface area contributed by atoms with Gasteiger partial charge in [0.2, 0.25) is 5.91 Å². The molecule has 5 nitrogen and oxygen atoms in total. The van der Waals surface area contributed by atoms with Crippen LogP contribution in [0, 0.1) is 17.6 Å². The number of anilines is 1. The molecule has 2 aromatic rings. The van der Waals surface area contributed by atoms with Crippen molar-refractivity contribution in [1.82, 2.24) is 9.80 Å². The Bertz CT molecular complexity index is 1050. The molecule has 33 heavy (non-hydrogen) atoms.